The fourth-order valence-corrected chi connectivity index (χ4v) is 2.63. The quantitative estimate of drug-likeness (QED) is 0.850. The summed E-state index contributed by atoms with van der Waals surface area (Å²) in [6, 6.07) is 4.48. The molecule has 98 valence electrons. The molecule has 0 saturated carbocycles. The van der Waals surface area contributed by atoms with Gasteiger partial charge in [0.15, 0.2) is 0 Å². The third kappa shape index (κ3) is 2.67. The Balaban J connectivity index is 3.18. The molecule has 0 aromatic carbocycles. The molecule has 1 aromatic heterocycles. The minimum absolute atomic E-state index is 0.00877. The number of hydrogen-bond donors (Lipinski definition) is 1. The minimum Gasteiger partial charge on any atom is -0.394 e. The highest BCUT2D eigenvalue weighted by Gasteiger charge is 2.33. The van der Waals surface area contributed by atoms with Crippen LogP contribution in [0.5, 0.6) is 0 Å². The third-order valence-corrected chi connectivity index (χ3v) is 4.80. The molecule has 1 heterocycles. The average molecular weight is 269 g/mol. The predicted molar refractivity (Wildman–Crippen MR) is 65.1 cm³/mol. The molecule has 0 spiro atoms. The molecule has 0 atom stereocenters. The van der Waals surface area contributed by atoms with Gasteiger partial charge in [-0.25, -0.2) is 13.4 Å². The Morgan fingerprint density at radius 1 is 1.50 bits per heavy atom. The number of nitriles is 1. The van der Waals surface area contributed by atoms with Crippen LogP contribution in [-0.2, 0) is 10.0 Å². The Bertz CT molecular complexity index is 558. The molecule has 0 amide bonds. The topological polar surface area (TPSA) is 94.3 Å². The number of nitrogens with zero attached hydrogens (tertiary/aromatic N) is 3. The zero-order chi connectivity index (χ0) is 14.0. The second kappa shape index (κ2) is 5.02. The van der Waals surface area contributed by atoms with E-state index in [1.165, 1.54) is 19.2 Å². The van der Waals surface area contributed by atoms with E-state index in [1.54, 1.807) is 13.8 Å². The first-order valence-corrected chi connectivity index (χ1v) is 6.66. The highest BCUT2D eigenvalue weighted by atomic mass is 32.2. The van der Waals surface area contributed by atoms with Crippen LogP contribution >= 0.6 is 0 Å². The Labute approximate surface area is 107 Å². The van der Waals surface area contributed by atoms with Crippen molar-refractivity contribution in [2.24, 2.45) is 0 Å². The number of hydrogen-bond acceptors (Lipinski definition) is 5. The number of aliphatic hydroxyl groups excluding tert-OH is 1. The molecule has 0 aliphatic carbocycles. The van der Waals surface area contributed by atoms with Gasteiger partial charge in [-0.05, 0) is 26.0 Å². The summed E-state index contributed by atoms with van der Waals surface area (Å²) >= 11 is 0. The van der Waals surface area contributed by atoms with Crippen LogP contribution in [0.25, 0.3) is 0 Å². The van der Waals surface area contributed by atoms with Gasteiger partial charge >= 0.3 is 0 Å². The van der Waals surface area contributed by atoms with Crippen LogP contribution in [0.2, 0.25) is 0 Å². The number of aromatic nitrogens is 1. The second-order valence-corrected chi connectivity index (χ2v) is 6.40. The summed E-state index contributed by atoms with van der Waals surface area (Å²) in [5.74, 6) is 0. The maximum atomic E-state index is 12.2. The number of likely N-dealkylation sites (N-methyl/N-ethyl adjacent to an activating group) is 1. The molecule has 0 bridgehead atoms. The first-order chi connectivity index (χ1) is 8.25. The van der Waals surface area contributed by atoms with Crippen molar-refractivity contribution in [2.75, 3.05) is 13.7 Å². The van der Waals surface area contributed by atoms with Crippen molar-refractivity contribution in [3.63, 3.8) is 0 Å². The lowest BCUT2D eigenvalue weighted by Crippen LogP contribution is -2.47. The van der Waals surface area contributed by atoms with Gasteiger partial charge in [0.1, 0.15) is 16.7 Å². The van der Waals surface area contributed by atoms with Crippen molar-refractivity contribution in [3.8, 4) is 6.07 Å². The molecule has 0 radical (unpaired) electrons. The van der Waals surface area contributed by atoms with Crippen LogP contribution in [0.1, 0.15) is 19.5 Å². The Morgan fingerprint density at radius 3 is 2.50 bits per heavy atom. The minimum atomic E-state index is -3.73. The molecule has 7 heteroatoms. The standard InChI is InChI=1S/C11H15N3O3S/c1-11(2,8-15)14(3)18(16,17)10-5-4-9(6-12)13-7-10/h4-5,7,15H,8H2,1-3H3. The van der Waals surface area contributed by atoms with Gasteiger partial charge in [0.05, 0.1) is 12.1 Å². The van der Waals surface area contributed by atoms with E-state index in [0.29, 0.717) is 0 Å². The fraction of sp³-hybridized carbons (Fsp3) is 0.455. The summed E-state index contributed by atoms with van der Waals surface area (Å²) in [7, 11) is -2.34. The maximum absolute atomic E-state index is 12.2. The summed E-state index contributed by atoms with van der Waals surface area (Å²) in [6.07, 6.45) is 1.14. The molecule has 1 N–H and O–H groups in total. The zero-order valence-corrected chi connectivity index (χ0v) is 11.3. The summed E-state index contributed by atoms with van der Waals surface area (Å²) in [5.41, 5.74) is -0.759. The number of aliphatic hydroxyl groups is 1. The van der Waals surface area contributed by atoms with E-state index < -0.39 is 15.6 Å². The van der Waals surface area contributed by atoms with Crippen LogP contribution < -0.4 is 0 Å². The van der Waals surface area contributed by atoms with Gasteiger partial charge in [0.25, 0.3) is 0 Å². The fourth-order valence-electron chi connectivity index (χ4n) is 1.18. The first-order valence-electron chi connectivity index (χ1n) is 5.22. The molecule has 18 heavy (non-hydrogen) atoms. The molecule has 0 fully saturated rings. The summed E-state index contributed by atoms with van der Waals surface area (Å²) in [6.45, 7) is 2.93. The SMILES string of the molecule is CN(C(C)(C)CO)S(=O)(=O)c1ccc(C#N)nc1. The molecule has 0 saturated heterocycles. The van der Waals surface area contributed by atoms with E-state index in [1.807, 2.05) is 6.07 Å². The van der Waals surface area contributed by atoms with Crippen LogP contribution in [0.3, 0.4) is 0 Å². The first kappa shape index (κ1) is 14.6. The second-order valence-electron chi connectivity index (χ2n) is 4.43. The number of pyridine rings is 1. The van der Waals surface area contributed by atoms with Gasteiger partial charge in [0, 0.05) is 13.2 Å². The van der Waals surface area contributed by atoms with Gasteiger partial charge in [-0.15, -0.1) is 0 Å². The van der Waals surface area contributed by atoms with Crippen molar-refractivity contribution in [1.82, 2.24) is 9.29 Å². The van der Waals surface area contributed by atoms with Crippen LogP contribution in [-0.4, -0.2) is 42.0 Å². The number of rotatable bonds is 4. The van der Waals surface area contributed by atoms with E-state index in [2.05, 4.69) is 4.98 Å². The summed E-state index contributed by atoms with van der Waals surface area (Å²) in [4.78, 5) is 3.72. The molecule has 1 aromatic rings. The molecule has 0 unspecified atom stereocenters. The smallest absolute Gasteiger partial charge is 0.244 e. The van der Waals surface area contributed by atoms with Crippen LogP contribution in [0.15, 0.2) is 23.2 Å². The summed E-state index contributed by atoms with van der Waals surface area (Å²) in [5, 5.41) is 17.8. The van der Waals surface area contributed by atoms with Crippen molar-refractivity contribution in [1.29, 1.82) is 5.26 Å². The molecule has 0 aliphatic rings. The van der Waals surface area contributed by atoms with E-state index >= 15 is 0 Å². The van der Waals surface area contributed by atoms with Crippen molar-refractivity contribution in [3.05, 3.63) is 24.0 Å². The van der Waals surface area contributed by atoms with Gasteiger partial charge in [-0.3, -0.25) is 0 Å². The van der Waals surface area contributed by atoms with Gasteiger partial charge in [0.2, 0.25) is 10.0 Å². The van der Waals surface area contributed by atoms with E-state index in [0.717, 1.165) is 10.5 Å². The molecular weight excluding hydrogens is 254 g/mol. The maximum Gasteiger partial charge on any atom is 0.244 e. The molecule has 0 aliphatic heterocycles. The summed E-state index contributed by atoms with van der Waals surface area (Å²) < 4.78 is 25.5. The Kier molecular flexibility index (Phi) is 4.06. The van der Waals surface area contributed by atoms with Crippen molar-refractivity contribution >= 4 is 10.0 Å². The lowest BCUT2D eigenvalue weighted by atomic mass is 10.1. The monoisotopic (exact) mass is 269 g/mol. The van der Waals surface area contributed by atoms with E-state index in [9.17, 15) is 13.5 Å². The predicted octanol–water partition coefficient (Wildman–Crippen LogP) is 0.345. The molecule has 1 rings (SSSR count). The van der Waals surface area contributed by atoms with Crippen LogP contribution in [0, 0.1) is 11.3 Å². The van der Waals surface area contributed by atoms with Gasteiger partial charge in [-0.2, -0.15) is 9.57 Å². The van der Waals surface area contributed by atoms with E-state index in [-0.39, 0.29) is 17.2 Å². The lowest BCUT2D eigenvalue weighted by molar-refractivity contribution is 0.138. The van der Waals surface area contributed by atoms with E-state index in [4.69, 9.17) is 5.26 Å². The Morgan fingerprint density at radius 2 is 2.11 bits per heavy atom. The van der Waals surface area contributed by atoms with Crippen LogP contribution in [0.4, 0.5) is 0 Å². The normalized spacial score (nSPS) is 12.4. The molecule has 6 nitrogen and oxygen atoms in total. The number of sulfonamides is 1. The zero-order valence-electron chi connectivity index (χ0n) is 10.5. The highest BCUT2D eigenvalue weighted by Crippen LogP contribution is 2.21. The molecular formula is C11H15N3O3S. The largest absolute Gasteiger partial charge is 0.394 e. The average Bonchev–Trinajstić information content (AvgIpc) is 2.37. The third-order valence-electron chi connectivity index (χ3n) is 2.75. The van der Waals surface area contributed by atoms with Gasteiger partial charge in [-0.1, -0.05) is 0 Å². The van der Waals surface area contributed by atoms with Crippen molar-refractivity contribution in [2.45, 2.75) is 24.3 Å². The van der Waals surface area contributed by atoms with Gasteiger partial charge < -0.3 is 5.11 Å². The van der Waals surface area contributed by atoms with Crippen molar-refractivity contribution < 1.29 is 13.5 Å². The Hall–Kier alpha value is -1.49. The highest BCUT2D eigenvalue weighted by molar-refractivity contribution is 7.89. The lowest BCUT2D eigenvalue weighted by Gasteiger charge is -2.32.